The molecule has 0 atom stereocenters. The summed E-state index contributed by atoms with van der Waals surface area (Å²) in [6.07, 6.45) is -5.92. The lowest BCUT2D eigenvalue weighted by Gasteiger charge is -2.19. The normalized spacial score (nSPS) is 12.6. The number of nitrogens with zero attached hydrogens (tertiary/aromatic N) is 1. The molecule has 3 nitrogen and oxygen atoms in total. The van der Waals surface area contributed by atoms with Gasteiger partial charge in [0.05, 0.1) is 0 Å². The number of amides is 1. The first-order valence-corrected chi connectivity index (χ1v) is 5.53. The number of rotatable bonds is 4. The lowest BCUT2D eigenvalue weighted by Crippen LogP contribution is -2.47. The molecule has 1 amide bonds. The van der Waals surface area contributed by atoms with E-state index in [1.807, 2.05) is 0 Å². The highest BCUT2D eigenvalue weighted by Crippen LogP contribution is 2.36. The van der Waals surface area contributed by atoms with E-state index in [0.717, 1.165) is 0 Å². The van der Waals surface area contributed by atoms with Gasteiger partial charge in [-0.1, -0.05) is 12.1 Å². The van der Waals surface area contributed by atoms with Gasteiger partial charge in [-0.2, -0.15) is 22.0 Å². The number of hydrogen-bond acceptors (Lipinski definition) is 2. The number of nitrogens with one attached hydrogen (secondary N) is 1. The van der Waals surface area contributed by atoms with Crippen LogP contribution in [0, 0.1) is 0 Å². The van der Waals surface area contributed by atoms with E-state index in [0.29, 0.717) is 12.1 Å². The topological polar surface area (TPSA) is 32.3 Å². The Kier molecular flexibility index (Phi) is 4.69. The summed E-state index contributed by atoms with van der Waals surface area (Å²) in [4.78, 5) is 12.8. The molecule has 112 valence electrons. The molecular formula is C12H13F5N2O. The summed E-state index contributed by atoms with van der Waals surface area (Å²) in [7, 11) is 3.53. The van der Waals surface area contributed by atoms with Gasteiger partial charge in [0.1, 0.15) is 0 Å². The molecule has 0 spiro atoms. The first kappa shape index (κ1) is 16.4. The fourth-order valence-corrected chi connectivity index (χ4v) is 1.45. The van der Waals surface area contributed by atoms with Gasteiger partial charge in [0, 0.05) is 12.2 Å². The first-order chi connectivity index (χ1) is 9.04. The summed E-state index contributed by atoms with van der Waals surface area (Å²) in [6, 6.07) is 5.70. The maximum Gasteiger partial charge on any atom is 0.463 e. The summed E-state index contributed by atoms with van der Waals surface area (Å²) in [5, 5.41) is 1.57. The van der Waals surface area contributed by atoms with Gasteiger partial charge in [0.2, 0.25) is 0 Å². The van der Waals surface area contributed by atoms with E-state index in [1.165, 1.54) is 18.2 Å². The molecule has 0 radical (unpaired) electrons. The number of halogens is 5. The largest absolute Gasteiger partial charge is 0.463 e. The van der Waals surface area contributed by atoms with Gasteiger partial charge in [-0.3, -0.25) is 4.79 Å². The molecule has 0 aliphatic carbocycles. The SMILES string of the molecule is CN(C)Cc1cccc(NC(=O)C(F)(F)C(F)(F)F)c1. The van der Waals surface area contributed by atoms with Crippen molar-refractivity contribution in [3.8, 4) is 0 Å². The zero-order chi connectivity index (χ0) is 15.6. The van der Waals surface area contributed by atoms with Crippen molar-refractivity contribution < 1.29 is 26.7 Å². The van der Waals surface area contributed by atoms with E-state index >= 15 is 0 Å². The number of anilines is 1. The maximum absolute atomic E-state index is 12.8. The van der Waals surface area contributed by atoms with Crippen molar-refractivity contribution in [3.63, 3.8) is 0 Å². The average molecular weight is 296 g/mol. The Balaban J connectivity index is 2.86. The molecule has 1 rings (SSSR count). The molecule has 0 aromatic heterocycles. The average Bonchev–Trinajstić information content (AvgIpc) is 2.26. The highest BCUT2D eigenvalue weighted by Gasteiger charge is 2.63. The van der Waals surface area contributed by atoms with Crippen molar-refractivity contribution in [2.75, 3.05) is 19.4 Å². The lowest BCUT2D eigenvalue weighted by atomic mass is 10.2. The van der Waals surface area contributed by atoms with Crippen LogP contribution in [0.25, 0.3) is 0 Å². The van der Waals surface area contributed by atoms with Gasteiger partial charge in [-0.05, 0) is 31.8 Å². The second kappa shape index (κ2) is 5.74. The molecule has 0 aliphatic heterocycles. The predicted molar refractivity (Wildman–Crippen MR) is 63.5 cm³/mol. The van der Waals surface area contributed by atoms with Crippen molar-refractivity contribution in [2.24, 2.45) is 0 Å². The summed E-state index contributed by atoms with van der Waals surface area (Å²) >= 11 is 0. The van der Waals surface area contributed by atoms with Crippen molar-refractivity contribution >= 4 is 11.6 Å². The monoisotopic (exact) mass is 296 g/mol. The van der Waals surface area contributed by atoms with E-state index in [9.17, 15) is 26.7 Å². The van der Waals surface area contributed by atoms with Crippen LogP contribution in [0.4, 0.5) is 27.6 Å². The van der Waals surface area contributed by atoms with Crippen LogP contribution in [-0.4, -0.2) is 37.0 Å². The summed E-state index contributed by atoms with van der Waals surface area (Å²) < 4.78 is 61.6. The summed E-state index contributed by atoms with van der Waals surface area (Å²) in [5.74, 6) is -7.82. The fraction of sp³-hybridized carbons (Fsp3) is 0.417. The van der Waals surface area contributed by atoms with Crippen LogP contribution in [0.1, 0.15) is 5.56 Å². The zero-order valence-corrected chi connectivity index (χ0v) is 10.8. The molecule has 0 bridgehead atoms. The Labute approximate surface area is 112 Å². The van der Waals surface area contributed by atoms with Gasteiger partial charge in [-0.15, -0.1) is 0 Å². The Hall–Kier alpha value is -1.70. The van der Waals surface area contributed by atoms with Crippen LogP contribution in [0.5, 0.6) is 0 Å². The van der Waals surface area contributed by atoms with Crippen LogP contribution in [0.3, 0.4) is 0 Å². The molecule has 1 aromatic carbocycles. The molecule has 1 N–H and O–H groups in total. The molecule has 0 saturated carbocycles. The van der Waals surface area contributed by atoms with Crippen LogP contribution in [0.2, 0.25) is 0 Å². The molecule has 0 unspecified atom stereocenters. The van der Waals surface area contributed by atoms with E-state index in [2.05, 4.69) is 0 Å². The van der Waals surface area contributed by atoms with Crippen molar-refractivity contribution in [1.29, 1.82) is 0 Å². The third-order valence-electron chi connectivity index (χ3n) is 2.32. The quantitative estimate of drug-likeness (QED) is 0.867. The minimum atomic E-state index is -5.92. The minimum absolute atomic E-state index is 0.113. The smallest absolute Gasteiger partial charge is 0.321 e. The van der Waals surface area contributed by atoms with E-state index in [-0.39, 0.29) is 5.69 Å². The number of hydrogen-bond donors (Lipinski definition) is 1. The first-order valence-electron chi connectivity index (χ1n) is 5.53. The lowest BCUT2D eigenvalue weighted by molar-refractivity contribution is -0.267. The molecule has 0 heterocycles. The Bertz CT molecular complexity index is 485. The standard InChI is InChI=1S/C12H13F5N2O/c1-19(2)7-8-4-3-5-9(6-8)18-10(20)11(13,14)12(15,16)17/h3-6H,7H2,1-2H3,(H,18,20). The molecular weight excluding hydrogens is 283 g/mol. The zero-order valence-electron chi connectivity index (χ0n) is 10.8. The third kappa shape index (κ3) is 3.89. The molecule has 0 saturated heterocycles. The Morgan fingerprint density at radius 1 is 1.20 bits per heavy atom. The van der Waals surface area contributed by atoms with E-state index in [1.54, 1.807) is 30.4 Å². The predicted octanol–water partition coefficient (Wildman–Crippen LogP) is 2.88. The molecule has 0 aliphatic rings. The second-order valence-corrected chi connectivity index (χ2v) is 4.46. The summed E-state index contributed by atoms with van der Waals surface area (Å²) in [6.45, 7) is 0.458. The molecule has 1 aromatic rings. The van der Waals surface area contributed by atoms with Crippen molar-refractivity contribution in [3.05, 3.63) is 29.8 Å². The van der Waals surface area contributed by atoms with Crippen LogP contribution in [-0.2, 0) is 11.3 Å². The van der Waals surface area contributed by atoms with Gasteiger partial charge >= 0.3 is 18.0 Å². The van der Waals surface area contributed by atoms with Crippen LogP contribution < -0.4 is 5.32 Å². The summed E-state index contributed by atoms with van der Waals surface area (Å²) in [5.41, 5.74) is 0.557. The Morgan fingerprint density at radius 3 is 2.30 bits per heavy atom. The number of carbonyl (C=O) groups excluding carboxylic acids is 1. The van der Waals surface area contributed by atoms with Crippen molar-refractivity contribution in [2.45, 2.75) is 18.6 Å². The van der Waals surface area contributed by atoms with Gasteiger partial charge in [0.25, 0.3) is 0 Å². The van der Waals surface area contributed by atoms with Gasteiger partial charge in [0.15, 0.2) is 0 Å². The maximum atomic E-state index is 12.8. The minimum Gasteiger partial charge on any atom is -0.321 e. The second-order valence-electron chi connectivity index (χ2n) is 4.46. The van der Waals surface area contributed by atoms with Crippen molar-refractivity contribution in [1.82, 2.24) is 4.90 Å². The third-order valence-corrected chi connectivity index (χ3v) is 2.32. The number of alkyl halides is 5. The molecule has 0 fully saturated rings. The van der Waals surface area contributed by atoms with Crippen LogP contribution in [0.15, 0.2) is 24.3 Å². The molecule has 8 heteroatoms. The number of carbonyl (C=O) groups is 1. The van der Waals surface area contributed by atoms with E-state index in [4.69, 9.17) is 0 Å². The van der Waals surface area contributed by atoms with Gasteiger partial charge in [-0.25, -0.2) is 0 Å². The van der Waals surface area contributed by atoms with E-state index < -0.39 is 18.0 Å². The fourth-order valence-electron chi connectivity index (χ4n) is 1.45. The molecule has 20 heavy (non-hydrogen) atoms. The van der Waals surface area contributed by atoms with Gasteiger partial charge < -0.3 is 10.2 Å². The van der Waals surface area contributed by atoms with Crippen LogP contribution >= 0.6 is 0 Å². The highest BCUT2D eigenvalue weighted by atomic mass is 19.4. The number of benzene rings is 1. The Morgan fingerprint density at radius 2 is 1.80 bits per heavy atom. The highest BCUT2D eigenvalue weighted by molar-refractivity contribution is 5.96.